The molecule has 1 saturated heterocycles. The lowest BCUT2D eigenvalue weighted by Crippen LogP contribution is -2.46. The quantitative estimate of drug-likeness (QED) is 0.804. The number of hydrogen-bond acceptors (Lipinski definition) is 3. The molecule has 0 unspecified atom stereocenters. The molecule has 1 aromatic rings. The number of piperazine rings is 1. The van der Waals surface area contributed by atoms with E-state index in [9.17, 15) is 22.0 Å². The van der Waals surface area contributed by atoms with E-state index >= 15 is 0 Å². The lowest BCUT2D eigenvalue weighted by atomic mass is 10.0. The Morgan fingerprint density at radius 3 is 1.96 bits per heavy atom. The lowest BCUT2D eigenvalue weighted by Gasteiger charge is -2.34. The summed E-state index contributed by atoms with van der Waals surface area (Å²) in [7, 11) is 0. The Balaban J connectivity index is 0.00000242. The summed E-state index contributed by atoms with van der Waals surface area (Å²) in [6, 6.07) is 3.49. The number of ether oxygens (including phenoxy) is 1. The molecule has 1 fully saturated rings. The molecule has 1 heterocycles. The van der Waals surface area contributed by atoms with E-state index in [0.29, 0.717) is 26.2 Å². The third-order valence-corrected chi connectivity index (χ3v) is 3.24. The Bertz CT molecular complexity index is 453. The van der Waals surface area contributed by atoms with E-state index in [1.807, 2.05) is 0 Å². The van der Waals surface area contributed by atoms with Crippen LogP contribution in [0.4, 0.5) is 22.0 Å². The minimum Gasteiger partial charge on any atom is -0.406 e. The van der Waals surface area contributed by atoms with Gasteiger partial charge in [-0.25, -0.2) is 8.78 Å². The van der Waals surface area contributed by atoms with Crippen LogP contribution in [0, 0.1) is 0 Å². The largest absolute Gasteiger partial charge is 0.573 e. The molecular formula is C13H17Cl2F5N2O. The van der Waals surface area contributed by atoms with E-state index in [1.54, 1.807) is 4.90 Å². The molecule has 1 N–H and O–H groups in total. The first-order chi connectivity index (χ1) is 9.87. The van der Waals surface area contributed by atoms with Crippen LogP contribution in [-0.4, -0.2) is 43.9 Å². The Labute approximate surface area is 143 Å². The summed E-state index contributed by atoms with van der Waals surface area (Å²) in [6.07, 6.45) is -7.40. The summed E-state index contributed by atoms with van der Waals surface area (Å²) in [5.74, 6) is -0.417. The molecule has 23 heavy (non-hydrogen) atoms. The van der Waals surface area contributed by atoms with Gasteiger partial charge in [0.1, 0.15) is 5.75 Å². The Morgan fingerprint density at radius 1 is 1.00 bits per heavy atom. The normalized spacial score (nSPS) is 17.1. The van der Waals surface area contributed by atoms with Crippen LogP contribution in [0.3, 0.4) is 0 Å². The number of alkyl halides is 5. The van der Waals surface area contributed by atoms with Crippen molar-refractivity contribution in [3.05, 3.63) is 29.8 Å². The van der Waals surface area contributed by atoms with Crippen molar-refractivity contribution in [2.45, 2.75) is 18.8 Å². The maximum atomic E-state index is 13.3. The number of benzene rings is 1. The van der Waals surface area contributed by atoms with Gasteiger partial charge in [-0.05, 0) is 17.7 Å². The zero-order valence-electron chi connectivity index (χ0n) is 11.9. The molecule has 0 aromatic heterocycles. The molecular weight excluding hydrogens is 366 g/mol. The van der Waals surface area contributed by atoms with Gasteiger partial charge in [0.05, 0.1) is 6.04 Å². The molecule has 3 nitrogen and oxygen atoms in total. The third kappa shape index (κ3) is 6.66. The van der Waals surface area contributed by atoms with Gasteiger partial charge in [0.2, 0.25) is 0 Å². The summed E-state index contributed by atoms with van der Waals surface area (Å²) < 4.78 is 66.5. The van der Waals surface area contributed by atoms with Gasteiger partial charge in [-0.3, -0.25) is 4.90 Å². The maximum absolute atomic E-state index is 13.3. The highest BCUT2D eigenvalue weighted by Gasteiger charge is 2.32. The zero-order valence-corrected chi connectivity index (χ0v) is 13.5. The molecule has 1 atom stereocenters. The average Bonchev–Trinajstić information content (AvgIpc) is 2.40. The number of hydrogen-bond donors (Lipinski definition) is 1. The van der Waals surface area contributed by atoms with Gasteiger partial charge in [0, 0.05) is 26.2 Å². The van der Waals surface area contributed by atoms with Crippen molar-refractivity contribution in [3.8, 4) is 5.75 Å². The van der Waals surface area contributed by atoms with E-state index in [1.165, 1.54) is 12.1 Å². The van der Waals surface area contributed by atoms with Gasteiger partial charge in [0.25, 0.3) is 6.43 Å². The van der Waals surface area contributed by atoms with Gasteiger partial charge in [0.15, 0.2) is 0 Å². The van der Waals surface area contributed by atoms with Crippen LogP contribution < -0.4 is 10.1 Å². The van der Waals surface area contributed by atoms with E-state index in [2.05, 4.69) is 10.1 Å². The molecule has 0 bridgehead atoms. The topological polar surface area (TPSA) is 24.5 Å². The summed E-state index contributed by atoms with van der Waals surface area (Å²) in [6.45, 7) is 2.16. The van der Waals surface area contributed by atoms with Crippen molar-refractivity contribution in [2.24, 2.45) is 0 Å². The number of rotatable bonds is 4. The first-order valence-electron chi connectivity index (χ1n) is 6.45. The highest BCUT2D eigenvalue weighted by Crippen LogP contribution is 2.30. The second-order valence-electron chi connectivity index (χ2n) is 4.68. The third-order valence-electron chi connectivity index (χ3n) is 3.24. The molecule has 2 rings (SSSR count). The Kier molecular flexibility index (Phi) is 9.12. The zero-order chi connectivity index (χ0) is 15.5. The number of nitrogens with zero attached hydrogens (tertiary/aromatic N) is 1. The van der Waals surface area contributed by atoms with Gasteiger partial charge in [-0.1, -0.05) is 12.1 Å². The first kappa shape index (κ1) is 22.2. The fourth-order valence-corrected chi connectivity index (χ4v) is 2.34. The average molecular weight is 383 g/mol. The summed E-state index contributed by atoms with van der Waals surface area (Å²) in [5.41, 5.74) is 0.279. The highest BCUT2D eigenvalue weighted by atomic mass is 35.5. The van der Waals surface area contributed by atoms with Gasteiger partial charge in [-0.15, -0.1) is 38.0 Å². The van der Waals surface area contributed by atoms with Crippen LogP contribution in [0.1, 0.15) is 11.6 Å². The van der Waals surface area contributed by atoms with Crippen LogP contribution in [-0.2, 0) is 0 Å². The molecule has 0 saturated carbocycles. The van der Waals surface area contributed by atoms with Crippen molar-refractivity contribution in [1.29, 1.82) is 0 Å². The summed E-state index contributed by atoms with van der Waals surface area (Å²) >= 11 is 0. The molecule has 0 spiro atoms. The van der Waals surface area contributed by atoms with Crippen LogP contribution >= 0.6 is 24.8 Å². The molecule has 1 aromatic carbocycles. The number of nitrogens with one attached hydrogen (secondary N) is 1. The fraction of sp³-hybridized carbons (Fsp3) is 0.538. The van der Waals surface area contributed by atoms with Crippen molar-refractivity contribution >= 4 is 24.8 Å². The van der Waals surface area contributed by atoms with Crippen LogP contribution in [0.5, 0.6) is 5.75 Å². The second kappa shape index (κ2) is 9.46. The highest BCUT2D eigenvalue weighted by molar-refractivity contribution is 5.85. The molecule has 0 radical (unpaired) electrons. The first-order valence-corrected chi connectivity index (χ1v) is 6.45. The van der Waals surface area contributed by atoms with Gasteiger partial charge in [-0.2, -0.15) is 0 Å². The number of halogens is 7. The predicted molar refractivity (Wildman–Crippen MR) is 80.8 cm³/mol. The van der Waals surface area contributed by atoms with Gasteiger partial charge < -0.3 is 10.1 Å². The standard InChI is InChI=1S/C13H15F5N2O.2ClH/c14-12(15)11(20-7-5-19-6-8-20)9-1-3-10(4-2-9)21-13(16,17)18;;/h1-4,11-12,19H,5-8H2;2*1H/t11-;;/m1../s1. The SMILES string of the molecule is Cl.Cl.FC(F)[C@@H](c1ccc(OC(F)(F)F)cc1)N1CCNCC1. The fourth-order valence-electron chi connectivity index (χ4n) is 2.34. The van der Waals surface area contributed by atoms with Crippen molar-refractivity contribution in [3.63, 3.8) is 0 Å². The van der Waals surface area contributed by atoms with E-state index < -0.39 is 24.6 Å². The van der Waals surface area contributed by atoms with Crippen molar-refractivity contribution in [1.82, 2.24) is 10.2 Å². The maximum Gasteiger partial charge on any atom is 0.573 e. The lowest BCUT2D eigenvalue weighted by molar-refractivity contribution is -0.274. The minimum atomic E-state index is -4.79. The Morgan fingerprint density at radius 2 is 1.52 bits per heavy atom. The van der Waals surface area contributed by atoms with Crippen LogP contribution in [0.15, 0.2) is 24.3 Å². The Hall–Kier alpha value is -0.830. The van der Waals surface area contributed by atoms with E-state index in [0.717, 1.165) is 12.1 Å². The van der Waals surface area contributed by atoms with Crippen LogP contribution in [0.25, 0.3) is 0 Å². The van der Waals surface area contributed by atoms with E-state index in [-0.39, 0.29) is 30.4 Å². The molecule has 0 aliphatic carbocycles. The molecule has 1 aliphatic heterocycles. The van der Waals surface area contributed by atoms with E-state index in [4.69, 9.17) is 0 Å². The smallest absolute Gasteiger partial charge is 0.406 e. The second-order valence-corrected chi connectivity index (χ2v) is 4.68. The van der Waals surface area contributed by atoms with Crippen LogP contribution in [0.2, 0.25) is 0 Å². The predicted octanol–water partition coefficient (Wildman–Crippen LogP) is 3.64. The summed E-state index contributed by atoms with van der Waals surface area (Å²) in [4.78, 5) is 1.63. The molecule has 10 heteroatoms. The molecule has 0 amide bonds. The summed E-state index contributed by atoms with van der Waals surface area (Å²) in [5, 5.41) is 3.06. The minimum absolute atomic E-state index is 0. The monoisotopic (exact) mass is 382 g/mol. The van der Waals surface area contributed by atoms with Crippen molar-refractivity contribution < 1.29 is 26.7 Å². The molecule has 134 valence electrons. The molecule has 1 aliphatic rings. The van der Waals surface area contributed by atoms with Crippen molar-refractivity contribution in [2.75, 3.05) is 26.2 Å². The van der Waals surface area contributed by atoms with Gasteiger partial charge >= 0.3 is 6.36 Å².